The summed E-state index contributed by atoms with van der Waals surface area (Å²) in [6, 6.07) is 6.64. The SMILES string of the molecule is CCC(Nc1ccc(N(C)C)c(Cl)c1)C(C)C. The average molecular weight is 255 g/mol. The molecular formula is C14H23ClN2. The molecule has 1 rings (SSSR count). The van der Waals surface area contributed by atoms with Crippen molar-refractivity contribution in [1.29, 1.82) is 0 Å². The van der Waals surface area contributed by atoms with Crippen molar-refractivity contribution in [3.8, 4) is 0 Å². The van der Waals surface area contributed by atoms with Gasteiger partial charge in [0.25, 0.3) is 0 Å². The van der Waals surface area contributed by atoms with Crippen LogP contribution in [0, 0.1) is 5.92 Å². The highest BCUT2D eigenvalue weighted by Gasteiger charge is 2.11. The molecule has 0 heterocycles. The van der Waals surface area contributed by atoms with E-state index in [0.29, 0.717) is 12.0 Å². The fraction of sp³-hybridized carbons (Fsp3) is 0.571. The maximum absolute atomic E-state index is 6.25. The van der Waals surface area contributed by atoms with Gasteiger partial charge in [-0.2, -0.15) is 0 Å². The maximum Gasteiger partial charge on any atom is 0.0659 e. The van der Waals surface area contributed by atoms with Crippen LogP contribution in [0.4, 0.5) is 11.4 Å². The number of rotatable bonds is 5. The molecule has 0 amide bonds. The number of anilines is 2. The highest BCUT2D eigenvalue weighted by atomic mass is 35.5. The molecule has 0 aliphatic carbocycles. The van der Waals surface area contributed by atoms with Gasteiger partial charge in [-0.1, -0.05) is 32.4 Å². The number of benzene rings is 1. The molecule has 0 saturated heterocycles. The van der Waals surface area contributed by atoms with Crippen LogP contribution in [0.5, 0.6) is 0 Å². The summed E-state index contributed by atoms with van der Waals surface area (Å²) >= 11 is 6.25. The summed E-state index contributed by atoms with van der Waals surface area (Å²) in [6.45, 7) is 6.67. The first-order chi connectivity index (χ1) is 7.95. The molecule has 0 spiro atoms. The van der Waals surface area contributed by atoms with Crippen LogP contribution in [0.15, 0.2) is 18.2 Å². The molecule has 96 valence electrons. The second-order valence-electron chi connectivity index (χ2n) is 4.96. The predicted molar refractivity (Wildman–Crippen MR) is 78.3 cm³/mol. The third kappa shape index (κ3) is 3.81. The Morgan fingerprint density at radius 2 is 1.94 bits per heavy atom. The molecule has 1 atom stereocenters. The lowest BCUT2D eigenvalue weighted by Gasteiger charge is -2.23. The van der Waals surface area contributed by atoms with E-state index in [2.05, 4.69) is 38.2 Å². The molecule has 0 fully saturated rings. The molecule has 2 nitrogen and oxygen atoms in total. The lowest BCUT2D eigenvalue weighted by atomic mass is 10.0. The fourth-order valence-electron chi connectivity index (χ4n) is 1.91. The van der Waals surface area contributed by atoms with Gasteiger partial charge < -0.3 is 10.2 Å². The largest absolute Gasteiger partial charge is 0.382 e. The Morgan fingerprint density at radius 3 is 2.35 bits per heavy atom. The van der Waals surface area contributed by atoms with E-state index >= 15 is 0 Å². The molecule has 0 aliphatic rings. The van der Waals surface area contributed by atoms with Crippen LogP contribution in [0.3, 0.4) is 0 Å². The molecule has 1 aromatic rings. The summed E-state index contributed by atoms with van der Waals surface area (Å²) in [4.78, 5) is 2.02. The average Bonchev–Trinajstić information content (AvgIpc) is 2.24. The Kier molecular flexibility index (Phi) is 5.13. The minimum Gasteiger partial charge on any atom is -0.382 e. The van der Waals surface area contributed by atoms with Crippen LogP contribution in [0.2, 0.25) is 5.02 Å². The van der Waals surface area contributed by atoms with Crippen molar-refractivity contribution in [2.75, 3.05) is 24.3 Å². The Bertz CT molecular complexity index is 361. The molecule has 0 saturated carbocycles. The summed E-state index contributed by atoms with van der Waals surface area (Å²) in [5, 5.41) is 4.32. The zero-order chi connectivity index (χ0) is 13.0. The molecule has 1 unspecified atom stereocenters. The van der Waals surface area contributed by atoms with E-state index in [9.17, 15) is 0 Å². The Hall–Kier alpha value is -0.890. The van der Waals surface area contributed by atoms with Gasteiger partial charge in [0.2, 0.25) is 0 Å². The van der Waals surface area contributed by atoms with E-state index in [4.69, 9.17) is 11.6 Å². The highest BCUT2D eigenvalue weighted by molar-refractivity contribution is 6.33. The van der Waals surface area contributed by atoms with Crippen LogP contribution in [0.25, 0.3) is 0 Å². The van der Waals surface area contributed by atoms with Crippen LogP contribution in [-0.4, -0.2) is 20.1 Å². The molecule has 0 aromatic heterocycles. The monoisotopic (exact) mass is 254 g/mol. The number of hydrogen-bond acceptors (Lipinski definition) is 2. The lowest BCUT2D eigenvalue weighted by molar-refractivity contribution is 0.511. The van der Waals surface area contributed by atoms with Crippen LogP contribution >= 0.6 is 11.6 Å². The van der Waals surface area contributed by atoms with Gasteiger partial charge in [-0.05, 0) is 30.5 Å². The lowest BCUT2D eigenvalue weighted by Crippen LogP contribution is -2.24. The summed E-state index contributed by atoms with van der Waals surface area (Å²) < 4.78 is 0. The molecule has 1 N–H and O–H groups in total. The molecule has 0 bridgehead atoms. The van der Waals surface area contributed by atoms with E-state index < -0.39 is 0 Å². The van der Waals surface area contributed by atoms with E-state index in [1.54, 1.807) is 0 Å². The van der Waals surface area contributed by atoms with Gasteiger partial charge in [0.15, 0.2) is 0 Å². The van der Waals surface area contributed by atoms with E-state index in [1.807, 2.05) is 25.1 Å². The zero-order valence-electron chi connectivity index (χ0n) is 11.4. The highest BCUT2D eigenvalue weighted by Crippen LogP contribution is 2.28. The van der Waals surface area contributed by atoms with Gasteiger partial charge in [-0.3, -0.25) is 0 Å². The number of nitrogens with zero attached hydrogens (tertiary/aromatic N) is 1. The topological polar surface area (TPSA) is 15.3 Å². The Balaban J connectivity index is 2.83. The van der Waals surface area contributed by atoms with Crippen molar-refractivity contribution >= 4 is 23.0 Å². The van der Waals surface area contributed by atoms with Gasteiger partial charge in [0.1, 0.15) is 0 Å². The van der Waals surface area contributed by atoms with E-state index in [0.717, 1.165) is 22.8 Å². The summed E-state index contributed by atoms with van der Waals surface area (Å²) in [5.41, 5.74) is 2.15. The van der Waals surface area contributed by atoms with Crippen molar-refractivity contribution < 1.29 is 0 Å². The number of nitrogens with one attached hydrogen (secondary N) is 1. The minimum absolute atomic E-state index is 0.497. The normalized spacial score (nSPS) is 12.6. The predicted octanol–water partition coefficient (Wildman–Crippen LogP) is 4.25. The first kappa shape index (κ1) is 14.2. The summed E-state index contributed by atoms with van der Waals surface area (Å²) in [7, 11) is 3.99. The van der Waals surface area contributed by atoms with Crippen molar-refractivity contribution in [1.82, 2.24) is 0 Å². The second kappa shape index (κ2) is 6.15. The first-order valence-corrected chi connectivity index (χ1v) is 6.57. The van der Waals surface area contributed by atoms with Crippen molar-refractivity contribution in [2.24, 2.45) is 5.92 Å². The third-order valence-electron chi connectivity index (χ3n) is 3.03. The van der Waals surface area contributed by atoms with E-state index in [1.165, 1.54) is 0 Å². The summed E-state index contributed by atoms with van der Waals surface area (Å²) in [5.74, 6) is 0.618. The third-order valence-corrected chi connectivity index (χ3v) is 3.33. The van der Waals surface area contributed by atoms with Crippen molar-refractivity contribution in [3.05, 3.63) is 23.2 Å². The Labute approximate surface area is 110 Å². The van der Waals surface area contributed by atoms with Crippen LogP contribution in [-0.2, 0) is 0 Å². The van der Waals surface area contributed by atoms with Gasteiger partial charge >= 0.3 is 0 Å². The quantitative estimate of drug-likeness (QED) is 0.845. The molecule has 0 aliphatic heterocycles. The molecular weight excluding hydrogens is 232 g/mol. The molecule has 17 heavy (non-hydrogen) atoms. The van der Waals surface area contributed by atoms with Gasteiger partial charge in [-0.15, -0.1) is 0 Å². The Morgan fingerprint density at radius 1 is 1.29 bits per heavy atom. The molecule has 3 heteroatoms. The van der Waals surface area contributed by atoms with Gasteiger partial charge in [0, 0.05) is 25.8 Å². The number of hydrogen-bond donors (Lipinski definition) is 1. The van der Waals surface area contributed by atoms with Gasteiger partial charge in [0.05, 0.1) is 10.7 Å². The van der Waals surface area contributed by atoms with E-state index in [-0.39, 0.29) is 0 Å². The summed E-state index contributed by atoms with van der Waals surface area (Å²) in [6.07, 6.45) is 1.12. The number of halogens is 1. The maximum atomic E-state index is 6.25. The first-order valence-electron chi connectivity index (χ1n) is 6.19. The van der Waals surface area contributed by atoms with Crippen LogP contribution in [0.1, 0.15) is 27.2 Å². The minimum atomic E-state index is 0.497. The van der Waals surface area contributed by atoms with Crippen molar-refractivity contribution in [2.45, 2.75) is 33.2 Å². The van der Waals surface area contributed by atoms with Crippen LogP contribution < -0.4 is 10.2 Å². The zero-order valence-corrected chi connectivity index (χ0v) is 12.2. The smallest absolute Gasteiger partial charge is 0.0659 e. The second-order valence-corrected chi connectivity index (χ2v) is 5.37. The van der Waals surface area contributed by atoms with Gasteiger partial charge in [-0.25, -0.2) is 0 Å². The fourth-order valence-corrected chi connectivity index (χ4v) is 2.26. The standard InChI is InChI=1S/C14H23ClN2/c1-6-13(10(2)3)16-11-7-8-14(17(4)5)12(15)9-11/h7-10,13,16H,6H2,1-5H3. The molecule has 1 aromatic carbocycles. The van der Waals surface area contributed by atoms with Crippen molar-refractivity contribution in [3.63, 3.8) is 0 Å². The molecule has 0 radical (unpaired) electrons.